The Labute approximate surface area is 161 Å². The van der Waals surface area contributed by atoms with Gasteiger partial charge in [0.15, 0.2) is 5.82 Å². The van der Waals surface area contributed by atoms with Crippen LogP contribution in [0.2, 0.25) is 0 Å². The fourth-order valence-corrected chi connectivity index (χ4v) is 2.86. The summed E-state index contributed by atoms with van der Waals surface area (Å²) in [6.45, 7) is 0.317. The van der Waals surface area contributed by atoms with Crippen molar-refractivity contribution in [2.24, 2.45) is 0 Å². The van der Waals surface area contributed by atoms with Gasteiger partial charge in [-0.1, -0.05) is 30.3 Å². The lowest BCUT2D eigenvalue weighted by Gasteiger charge is -2.09. The molecule has 0 aliphatic rings. The van der Waals surface area contributed by atoms with E-state index in [1.165, 1.54) is 10.7 Å². The summed E-state index contributed by atoms with van der Waals surface area (Å²) < 4.78 is 1.41. The first-order chi connectivity index (χ1) is 13.7. The van der Waals surface area contributed by atoms with Crippen LogP contribution < -0.4 is 5.56 Å². The van der Waals surface area contributed by atoms with Gasteiger partial charge in [-0.05, 0) is 29.8 Å². The van der Waals surface area contributed by atoms with E-state index in [9.17, 15) is 4.79 Å². The first-order valence-corrected chi connectivity index (χ1v) is 8.59. The Morgan fingerprint density at radius 3 is 2.57 bits per heavy atom. The summed E-state index contributed by atoms with van der Waals surface area (Å²) in [6, 6.07) is 22.9. The molecule has 6 heteroatoms. The number of benzene rings is 2. The average Bonchev–Trinajstić information content (AvgIpc) is 2.76. The van der Waals surface area contributed by atoms with E-state index < -0.39 is 0 Å². The van der Waals surface area contributed by atoms with E-state index in [1.54, 1.807) is 36.7 Å². The van der Waals surface area contributed by atoms with Crippen molar-refractivity contribution in [3.8, 4) is 28.7 Å². The summed E-state index contributed by atoms with van der Waals surface area (Å²) >= 11 is 0. The summed E-state index contributed by atoms with van der Waals surface area (Å²) in [6.07, 6.45) is 3.14. The van der Waals surface area contributed by atoms with Crippen molar-refractivity contribution in [2.75, 3.05) is 0 Å². The van der Waals surface area contributed by atoms with Gasteiger partial charge in [-0.2, -0.15) is 10.4 Å². The molecule has 0 saturated heterocycles. The first kappa shape index (κ1) is 17.3. The van der Waals surface area contributed by atoms with Crippen LogP contribution in [0.4, 0.5) is 0 Å². The molecule has 0 bridgehead atoms. The van der Waals surface area contributed by atoms with Crippen LogP contribution in [0.1, 0.15) is 11.1 Å². The van der Waals surface area contributed by atoms with Gasteiger partial charge in [0.05, 0.1) is 23.9 Å². The number of hydrogen-bond donors (Lipinski definition) is 0. The van der Waals surface area contributed by atoms with E-state index in [0.29, 0.717) is 23.6 Å². The number of rotatable bonds is 4. The Morgan fingerprint density at radius 2 is 1.75 bits per heavy atom. The molecule has 0 aliphatic carbocycles. The largest absolute Gasteiger partial charge is 0.268 e. The lowest BCUT2D eigenvalue weighted by atomic mass is 10.1. The van der Waals surface area contributed by atoms with Crippen molar-refractivity contribution in [3.05, 3.63) is 101 Å². The molecular weight excluding hydrogens is 350 g/mol. The highest BCUT2D eigenvalue weighted by molar-refractivity contribution is 5.60. The van der Waals surface area contributed by atoms with Gasteiger partial charge in [-0.25, -0.2) is 14.6 Å². The second-order valence-corrected chi connectivity index (χ2v) is 6.11. The van der Waals surface area contributed by atoms with Crippen LogP contribution in [-0.4, -0.2) is 19.7 Å². The lowest BCUT2D eigenvalue weighted by molar-refractivity contribution is 0.643. The monoisotopic (exact) mass is 364 g/mol. The third-order valence-corrected chi connectivity index (χ3v) is 4.19. The Bertz CT molecular complexity index is 1230. The van der Waals surface area contributed by atoms with Gasteiger partial charge in [-0.3, -0.25) is 4.79 Å². The Hall–Kier alpha value is -4.11. The van der Waals surface area contributed by atoms with Gasteiger partial charge >= 0.3 is 0 Å². The summed E-state index contributed by atoms with van der Waals surface area (Å²) in [4.78, 5) is 20.7. The lowest BCUT2D eigenvalue weighted by Crippen LogP contribution is -2.22. The highest BCUT2D eigenvalue weighted by Crippen LogP contribution is 2.18. The predicted molar refractivity (Wildman–Crippen MR) is 104 cm³/mol. The zero-order valence-corrected chi connectivity index (χ0v) is 14.8. The molecule has 28 heavy (non-hydrogen) atoms. The van der Waals surface area contributed by atoms with Crippen LogP contribution in [0, 0.1) is 17.4 Å². The van der Waals surface area contributed by atoms with E-state index in [0.717, 1.165) is 16.7 Å². The van der Waals surface area contributed by atoms with E-state index in [1.807, 2.05) is 30.3 Å². The normalized spacial score (nSPS) is 10.4. The van der Waals surface area contributed by atoms with Gasteiger partial charge in [0.25, 0.3) is 5.56 Å². The highest BCUT2D eigenvalue weighted by Gasteiger charge is 2.07. The maximum atomic E-state index is 12.3. The molecule has 0 amide bonds. The average molecular weight is 364 g/mol. The van der Waals surface area contributed by atoms with Crippen molar-refractivity contribution >= 4 is 0 Å². The standard InChI is InChI=1S/C22H14N5O/c23-14-16-4-1-6-18(12-16)20-8-9-21(28)27(26-20)15-17-5-2-7-19(13-17)22-24-10-3-11-25-22/h1-2,4-13H,15H2. The van der Waals surface area contributed by atoms with Crippen molar-refractivity contribution in [1.82, 2.24) is 19.7 Å². The third-order valence-electron chi connectivity index (χ3n) is 4.19. The van der Waals surface area contributed by atoms with Crippen molar-refractivity contribution in [3.63, 3.8) is 0 Å². The fraction of sp³-hybridized carbons (Fsp3) is 0.0455. The molecule has 0 saturated carbocycles. The summed E-state index contributed by atoms with van der Waals surface area (Å²) in [7, 11) is 0. The van der Waals surface area contributed by atoms with Gasteiger partial charge in [0.2, 0.25) is 0 Å². The van der Waals surface area contributed by atoms with Crippen molar-refractivity contribution < 1.29 is 0 Å². The minimum absolute atomic E-state index is 0.198. The molecule has 0 unspecified atom stereocenters. The Kier molecular flexibility index (Phi) is 4.72. The maximum absolute atomic E-state index is 12.3. The van der Waals surface area contributed by atoms with Crippen LogP contribution in [0.3, 0.4) is 0 Å². The quantitative estimate of drug-likeness (QED) is 0.555. The minimum atomic E-state index is -0.198. The molecule has 0 atom stereocenters. The molecule has 0 fully saturated rings. The molecule has 4 rings (SSSR count). The smallest absolute Gasteiger partial charge is 0.267 e. The number of hydrogen-bond acceptors (Lipinski definition) is 5. The number of aromatic nitrogens is 4. The van der Waals surface area contributed by atoms with Crippen LogP contribution in [0.15, 0.2) is 77.9 Å². The topological polar surface area (TPSA) is 84.5 Å². The molecule has 0 spiro atoms. The van der Waals surface area contributed by atoms with Crippen LogP contribution in [0.5, 0.6) is 0 Å². The zero-order valence-electron chi connectivity index (χ0n) is 14.8. The molecule has 2 aromatic carbocycles. The minimum Gasteiger partial charge on any atom is -0.268 e. The molecule has 1 radical (unpaired) electrons. The van der Waals surface area contributed by atoms with E-state index in [-0.39, 0.29) is 5.56 Å². The van der Waals surface area contributed by atoms with Gasteiger partial charge in [-0.15, -0.1) is 0 Å². The van der Waals surface area contributed by atoms with Crippen LogP contribution in [-0.2, 0) is 6.54 Å². The summed E-state index contributed by atoms with van der Waals surface area (Å²) in [5.41, 5.74) is 3.54. The Morgan fingerprint density at radius 1 is 0.964 bits per heavy atom. The summed E-state index contributed by atoms with van der Waals surface area (Å²) in [5.74, 6) is 0.600. The maximum Gasteiger partial charge on any atom is 0.267 e. The SMILES string of the molecule is N#Cc1cccc(-c2ccc(=O)n(Cc3cccc(-c4nc[c]cn4)c3)n2)c1. The second-order valence-electron chi connectivity index (χ2n) is 6.11. The molecule has 0 aliphatic heterocycles. The molecule has 0 N–H and O–H groups in total. The van der Waals surface area contributed by atoms with E-state index >= 15 is 0 Å². The van der Waals surface area contributed by atoms with E-state index in [4.69, 9.17) is 5.26 Å². The third kappa shape index (κ3) is 3.69. The van der Waals surface area contributed by atoms with Crippen molar-refractivity contribution in [2.45, 2.75) is 6.54 Å². The predicted octanol–water partition coefficient (Wildman–Crippen LogP) is 3.09. The van der Waals surface area contributed by atoms with Crippen LogP contribution in [0.25, 0.3) is 22.6 Å². The number of nitrogens with zero attached hydrogens (tertiary/aromatic N) is 5. The fourth-order valence-electron chi connectivity index (χ4n) is 2.86. The molecule has 2 aromatic heterocycles. The zero-order chi connectivity index (χ0) is 19.3. The molecule has 6 nitrogen and oxygen atoms in total. The van der Waals surface area contributed by atoms with Crippen molar-refractivity contribution in [1.29, 1.82) is 5.26 Å². The molecule has 133 valence electrons. The summed E-state index contributed by atoms with van der Waals surface area (Å²) in [5, 5.41) is 13.6. The van der Waals surface area contributed by atoms with Crippen LogP contribution >= 0.6 is 0 Å². The van der Waals surface area contributed by atoms with Gasteiger partial charge < -0.3 is 0 Å². The molecular formula is C22H14N5O. The second kappa shape index (κ2) is 7.64. The van der Waals surface area contributed by atoms with Gasteiger partial charge in [0.1, 0.15) is 0 Å². The molecule has 4 aromatic rings. The van der Waals surface area contributed by atoms with Gasteiger partial charge in [0, 0.05) is 35.7 Å². The highest BCUT2D eigenvalue weighted by atomic mass is 16.1. The first-order valence-electron chi connectivity index (χ1n) is 8.59. The van der Waals surface area contributed by atoms with E-state index in [2.05, 4.69) is 27.2 Å². The molecule has 2 heterocycles. The number of nitriles is 1. The Balaban J connectivity index is 1.67.